The van der Waals surface area contributed by atoms with Crippen LogP contribution in [0.4, 0.5) is 0 Å². The van der Waals surface area contributed by atoms with Crippen molar-refractivity contribution in [3.63, 3.8) is 0 Å². The summed E-state index contributed by atoms with van der Waals surface area (Å²) < 4.78 is 4.63. The van der Waals surface area contributed by atoms with Gasteiger partial charge in [-0.3, -0.25) is 9.78 Å². The van der Waals surface area contributed by atoms with Crippen LogP contribution in [-0.2, 0) is 9.53 Å². The number of carbonyl (C=O) groups excluding carboxylic acids is 2. The predicted molar refractivity (Wildman–Crippen MR) is 66.9 cm³/mol. The van der Waals surface area contributed by atoms with E-state index < -0.39 is 17.9 Å². The highest BCUT2D eigenvalue weighted by Gasteiger charge is 2.22. The summed E-state index contributed by atoms with van der Waals surface area (Å²) in [5.41, 5.74) is 1.04. The van der Waals surface area contributed by atoms with E-state index in [0.29, 0.717) is 6.42 Å². The van der Waals surface area contributed by atoms with Crippen LogP contribution >= 0.6 is 0 Å². The van der Waals surface area contributed by atoms with Gasteiger partial charge in [0.05, 0.1) is 7.11 Å². The molecule has 1 amide bonds. The van der Waals surface area contributed by atoms with Crippen molar-refractivity contribution in [1.29, 1.82) is 0 Å². The molecule has 1 aromatic heterocycles. The molecule has 0 radical (unpaired) electrons. The summed E-state index contributed by atoms with van der Waals surface area (Å²) in [6.45, 7) is 5.50. The lowest BCUT2D eigenvalue weighted by Gasteiger charge is -2.16. The summed E-state index contributed by atoms with van der Waals surface area (Å²) in [6.07, 6.45) is 1.85. The van der Waals surface area contributed by atoms with Gasteiger partial charge in [-0.1, -0.05) is 11.6 Å². The molecule has 96 valence electrons. The Labute approximate surface area is 106 Å². The molecule has 0 aliphatic carbocycles. The van der Waals surface area contributed by atoms with Gasteiger partial charge in [-0.05, 0) is 25.5 Å². The topological polar surface area (TPSA) is 68.3 Å². The molecule has 0 aliphatic heterocycles. The monoisotopic (exact) mass is 248 g/mol. The minimum absolute atomic E-state index is 0.258. The number of nitrogens with zero attached hydrogens (tertiary/aromatic N) is 1. The molecule has 1 aromatic rings. The van der Waals surface area contributed by atoms with Crippen LogP contribution in [0.1, 0.15) is 23.8 Å². The Morgan fingerprint density at radius 3 is 2.72 bits per heavy atom. The average molecular weight is 248 g/mol. The molecule has 1 rings (SSSR count). The molecule has 18 heavy (non-hydrogen) atoms. The molecule has 1 atom stereocenters. The van der Waals surface area contributed by atoms with Crippen molar-refractivity contribution in [3.05, 3.63) is 42.2 Å². The number of ether oxygens (including phenoxy) is 1. The summed E-state index contributed by atoms with van der Waals surface area (Å²) in [5, 5.41) is 2.58. The molecule has 0 fully saturated rings. The fourth-order valence-electron chi connectivity index (χ4n) is 1.41. The Morgan fingerprint density at radius 1 is 1.50 bits per heavy atom. The van der Waals surface area contributed by atoms with Crippen molar-refractivity contribution in [1.82, 2.24) is 10.3 Å². The lowest BCUT2D eigenvalue weighted by molar-refractivity contribution is -0.142. The van der Waals surface area contributed by atoms with Crippen LogP contribution in [0.2, 0.25) is 0 Å². The highest BCUT2D eigenvalue weighted by atomic mass is 16.5. The molecule has 0 unspecified atom stereocenters. The van der Waals surface area contributed by atoms with E-state index in [1.165, 1.54) is 13.3 Å². The van der Waals surface area contributed by atoms with Gasteiger partial charge in [-0.15, -0.1) is 6.58 Å². The molecule has 0 aromatic carbocycles. The zero-order valence-electron chi connectivity index (χ0n) is 10.5. The van der Waals surface area contributed by atoms with E-state index in [0.717, 1.165) is 5.57 Å². The van der Waals surface area contributed by atoms with Gasteiger partial charge in [0.2, 0.25) is 0 Å². The molecular formula is C13H16N2O3. The number of amides is 1. The Bertz CT molecular complexity index is 443. The Morgan fingerprint density at radius 2 is 2.22 bits per heavy atom. The summed E-state index contributed by atoms with van der Waals surface area (Å²) in [7, 11) is 1.28. The Balaban J connectivity index is 2.74. The van der Waals surface area contributed by atoms with E-state index >= 15 is 0 Å². The van der Waals surface area contributed by atoms with Gasteiger partial charge in [-0.2, -0.15) is 0 Å². The minimum Gasteiger partial charge on any atom is -0.467 e. The molecule has 0 spiro atoms. The zero-order valence-corrected chi connectivity index (χ0v) is 10.5. The molecule has 5 heteroatoms. The smallest absolute Gasteiger partial charge is 0.328 e. The van der Waals surface area contributed by atoms with Crippen molar-refractivity contribution >= 4 is 11.9 Å². The third-order valence-electron chi connectivity index (χ3n) is 2.24. The van der Waals surface area contributed by atoms with Crippen molar-refractivity contribution < 1.29 is 14.3 Å². The Hall–Kier alpha value is -2.17. The van der Waals surface area contributed by atoms with Gasteiger partial charge in [0, 0.05) is 6.20 Å². The van der Waals surface area contributed by atoms with Crippen LogP contribution in [0.15, 0.2) is 36.5 Å². The van der Waals surface area contributed by atoms with Crippen LogP contribution < -0.4 is 5.32 Å². The zero-order chi connectivity index (χ0) is 13.5. The molecule has 0 bridgehead atoms. The van der Waals surface area contributed by atoms with Crippen LogP contribution in [-0.4, -0.2) is 30.0 Å². The lowest BCUT2D eigenvalue weighted by Crippen LogP contribution is -2.41. The third kappa shape index (κ3) is 4.01. The van der Waals surface area contributed by atoms with Gasteiger partial charge in [0.15, 0.2) is 0 Å². The van der Waals surface area contributed by atoms with E-state index in [2.05, 4.69) is 21.6 Å². The number of rotatable bonds is 5. The number of nitrogens with one attached hydrogen (secondary N) is 1. The van der Waals surface area contributed by atoms with Crippen LogP contribution in [0, 0.1) is 0 Å². The molecule has 1 heterocycles. The van der Waals surface area contributed by atoms with E-state index in [1.54, 1.807) is 25.1 Å². The van der Waals surface area contributed by atoms with Gasteiger partial charge >= 0.3 is 5.97 Å². The molecule has 0 saturated heterocycles. The standard InChI is InChI=1S/C13H16N2O3/c1-9(2)8-11(13(17)18-3)15-12(16)10-6-4-5-7-14-10/h4-7,11H,1,8H2,2-3H3,(H,15,16)/t11-/m0/s1. The average Bonchev–Trinajstić information content (AvgIpc) is 2.37. The quantitative estimate of drug-likeness (QED) is 0.630. The first-order valence-electron chi connectivity index (χ1n) is 5.48. The fourth-order valence-corrected chi connectivity index (χ4v) is 1.41. The second-order valence-electron chi connectivity index (χ2n) is 3.93. The van der Waals surface area contributed by atoms with E-state index in [9.17, 15) is 9.59 Å². The minimum atomic E-state index is -0.734. The van der Waals surface area contributed by atoms with Crippen LogP contribution in [0.25, 0.3) is 0 Å². The first kappa shape index (κ1) is 13.9. The number of aromatic nitrogens is 1. The largest absolute Gasteiger partial charge is 0.467 e. The summed E-state index contributed by atoms with van der Waals surface area (Å²) >= 11 is 0. The highest BCUT2D eigenvalue weighted by molar-refractivity contribution is 5.95. The van der Waals surface area contributed by atoms with Crippen molar-refractivity contribution in [2.75, 3.05) is 7.11 Å². The van der Waals surface area contributed by atoms with Gasteiger partial charge < -0.3 is 10.1 Å². The van der Waals surface area contributed by atoms with E-state index in [-0.39, 0.29) is 5.69 Å². The van der Waals surface area contributed by atoms with Gasteiger partial charge in [0.25, 0.3) is 5.91 Å². The van der Waals surface area contributed by atoms with Crippen LogP contribution in [0.3, 0.4) is 0 Å². The van der Waals surface area contributed by atoms with Gasteiger partial charge in [0.1, 0.15) is 11.7 Å². The number of carbonyl (C=O) groups is 2. The first-order valence-corrected chi connectivity index (χ1v) is 5.48. The van der Waals surface area contributed by atoms with E-state index in [1.807, 2.05) is 0 Å². The SMILES string of the molecule is C=C(C)C[C@H](NC(=O)c1ccccn1)C(=O)OC. The first-order chi connectivity index (χ1) is 8.54. The molecule has 0 saturated carbocycles. The summed E-state index contributed by atoms with van der Waals surface area (Å²) in [4.78, 5) is 27.3. The van der Waals surface area contributed by atoms with Crippen molar-refractivity contribution in [3.8, 4) is 0 Å². The Kier molecular flexibility index (Phi) is 5.05. The lowest BCUT2D eigenvalue weighted by atomic mass is 10.1. The normalized spacial score (nSPS) is 11.4. The number of esters is 1. The second-order valence-corrected chi connectivity index (χ2v) is 3.93. The predicted octanol–water partition coefficient (Wildman–Crippen LogP) is 1.32. The number of methoxy groups -OCH3 is 1. The molecular weight excluding hydrogens is 232 g/mol. The van der Waals surface area contributed by atoms with Crippen molar-refractivity contribution in [2.45, 2.75) is 19.4 Å². The maximum atomic E-state index is 11.8. The fraction of sp³-hybridized carbons (Fsp3) is 0.308. The number of pyridine rings is 1. The summed E-state index contributed by atoms with van der Waals surface area (Å²) in [6, 6.07) is 4.25. The highest BCUT2D eigenvalue weighted by Crippen LogP contribution is 2.05. The van der Waals surface area contributed by atoms with Crippen LogP contribution in [0.5, 0.6) is 0 Å². The maximum Gasteiger partial charge on any atom is 0.328 e. The second kappa shape index (κ2) is 6.54. The van der Waals surface area contributed by atoms with Crippen molar-refractivity contribution in [2.24, 2.45) is 0 Å². The van der Waals surface area contributed by atoms with Gasteiger partial charge in [-0.25, -0.2) is 4.79 Å². The molecule has 1 N–H and O–H groups in total. The van der Waals surface area contributed by atoms with E-state index in [4.69, 9.17) is 0 Å². The third-order valence-corrected chi connectivity index (χ3v) is 2.24. The number of hydrogen-bond donors (Lipinski definition) is 1. The molecule has 5 nitrogen and oxygen atoms in total. The molecule has 0 aliphatic rings. The summed E-state index contributed by atoms with van der Waals surface area (Å²) in [5.74, 6) is -0.908. The number of hydrogen-bond acceptors (Lipinski definition) is 4. The maximum absolute atomic E-state index is 11.8.